The first-order valence-corrected chi connectivity index (χ1v) is 6.06. The van der Waals surface area contributed by atoms with Gasteiger partial charge in [0.2, 0.25) is 0 Å². The van der Waals surface area contributed by atoms with E-state index in [2.05, 4.69) is 19.2 Å². The number of nitrogens with one attached hydrogen (secondary N) is 1. The number of ether oxygens (including phenoxy) is 1. The molecule has 1 aromatic rings. The van der Waals surface area contributed by atoms with Gasteiger partial charge in [-0.3, -0.25) is 9.59 Å². The van der Waals surface area contributed by atoms with E-state index < -0.39 is 0 Å². The highest BCUT2D eigenvalue weighted by Gasteiger charge is 2.03. The van der Waals surface area contributed by atoms with Gasteiger partial charge >= 0.3 is 0 Å². The highest BCUT2D eigenvalue weighted by Crippen LogP contribution is 2.11. The first kappa shape index (κ1) is 14.2. The third-order valence-corrected chi connectivity index (χ3v) is 2.41. The van der Waals surface area contributed by atoms with Gasteiger partial charge in [-0.15, -0.1) is 0 Å². The molecule has 98 valence electrons. The highest BCUT2D eigenvalue weighted by molar-refractivity contribution is 5.78. The van der Waals surface area contributed by atoms with Gasteiger partial charge < -0.3 is 10.1 Å². The van der Waals surface area contributed by atoms with Gasteiger partial charge in [-0.25, -0.2) is 0 Å². The van der Waals surface area contributed by atoms with Crippen molar-refractivity contribution in [3.05, 3.63) is 29.8 Å². The number of benzene rings is 1. The molecule has 0 aliphatic carbocycles. The molecular formula is C14H19NO3. The third-order valence-electron chi connectivity index (χ3n) is 2.41. The molecular weight excluding hydrogens is 230 g/mol. The Bertz CT molecular complexity index is 402. The summed E-state index contributed by atoms with van der Waals surface area (Å²) in [5.41, 5.74) is 0.535. The van der Waals surface area contributed by atoms with Crippen molar-refractivity contribution in [3.8, 4) is 5.75 Å². The number of hydrogen-bond acceptors (Lipinski definition) is 3. The van der Waals surface area contributed by atoms with Gasteiger partial charge in [0.05, 0.1) is 0 Å². The van der Waals surface area contributed by atoms with Gasteiger partial charge in [-0.2, -0.15) is 0 Å². The molecule has 0 fully saturated rings. The Morgan fingerprint density at radius 1 is 1.44 bits per heavy atom. The molecule has 0 unspecified atom stereocenters. The zero-order valence-electron chi connectivity index (χ0n) is 10.8. The minimum Gasteiger partial charge on any atom is -0.484 e. The Morgan fingerprint density at radius 2 is 2.22 bits per heavy atom. The van der Waals surface area contributed by atoms with Crippen LogP contribution in [0.4, 0.5) is 0 Å². The molecule has 0 heterocycles. The molecule has 1 rings (SSSR count). The minimum atomic E-state index is -0.146. The van der Waals surface area contributed by atoms with Crippen LogP contribution in [-0.4, -0.2) is 25.3 Å². The lowest BCUT2D eigenvalue weighted by Crippen LogP contribution is -2.30. The van der Waals surface area contributed by atoms with Crippen LogP contribution in [0, 0.1) is 5.92 Å². The maximum atomic E-state index is 11.4. The maximum Gasteiger partial charge on any atom is 0.257 e. The summed E-state index contributed by atoms with van der Waals surface area (Å²) in [6.07, 6.45) is 1.70. The second-order valence-electron chi connectivity index (χ2n) is 4.51. The van der Waals surface area contributed by atoms with Crippen LogP contribution in [0.25, 0.3) is 0 Å². The summed E-state index contributed by atoms with van der Waals surface area (Å²) in [5.74, 6) is 0.946. The molecule has 4 heteroatoms. The van der Waals surface area contributed by atoms with E-state index in [0.717, 1.165) is 12.7 Å². The van der Waals surface area contributed by atoms with Crippen molar-refractivity contribution in [2.75, 3.05) is 13.2 Å². The fraction of sp³-hybridized carbons (Fsp3) is 0.429. The van der Waals surface area contributed by atoms with Crippen molar-refractivity contribution >= 4 is 12.2 Å². The molecule has 1 N–H and O–H groups in total. The maximum absolute atomic E-state index is 11.4. The van der Waals surface area contributed by atoms with Gasteiger partial charge in [0, 0.05) is 12.1 Å². The van der Waals surface area contributed by atoms with Crippen LogP contribution in [0.15, 0.2) is 24.3 Å². The van der Waals surface area contributed by atoms with Gasteiger partial charge in [0.1, 0.15) is 12.0 Å². The molecule has 0 bridgehead atoms. The molecule has 0 atom stereocenters. The second-order valence-corrected chi connectivity index (χ2v) is 4.51. The summed E-state index contributed by atoms with van der Waals surface area (Å²) in [6, 6.07) is 6.72. The molecule has 0 spiro atoms. The van der Waals surface area contributed by atoms with Gasteiger partial charge in [-0.05, 0) is 24.5 Å². The first-order valence-electron chi connectivity index (χ1n) is 6.06. The summed E-state index contributed by atoms with van der Waals surface area (Å²) in [7, 11) is 0. The van der Waals surface area contributed by atoms with Crippen molar-refractivity contribution in [3.63, 3.8) is 0 Å². The molecule has 1 amide bonds. The average Bonchev–Trinajstić information content (AvgIpc) is 2.36. The molecule has 0 aliphatic rings. The number of aldehydes is 1. The van der Waals surface area contributed by atoms with E-state index in [4.69, 9.17) is 4.74 Å². The van der Waals surface area contributed by atoms with E-state index in [1.807, 2.05) is 0 Å². The Hall–Kier alpha value is -1.84. The summed E-state index contributed by atoms with van der Waals surface area (Å²) >= 11 is 0. The number of rotatable bonds is 7. The van der Waals surface area contributed by atoms with Crippen LogP contribution in [-0.2, 0) is 4.79 Å². The van der Waals surface area contributed by atoms with Crippen molar-refractivity contribution in [1.82, 2.24) is 5.32 Å². The van der Waals surface area contributed by atoms with E-state index in [-0.39, 0.29) is 12.5 Å². The number of carbonyl (C=O) groups excluding carboxylic acids is 2. The van der Waals surface area contributed by atoms with Crippen molar-refractivity contribution in [1.29, 1.82) is 0 Å². The molecule has 0 aliphatic heterocycles. The molecule has 1 aromatic carbocycles. The summed E-state index contributed by atoms with van der Waals surface area (Å²) < 4.78 is 5.30. The smallest absolute Gasteiger partial charge is 0.257 e. The van der Waals surface area contributed by atoms with Crippen LogP contribution in [0.3, 0.4) is 0 Å². The minimum absolute atomic E-state index is 0.0274. The van der Waals surface area contributed by atoms with Crippen molar-refractivity contribution in [2.45, 2.75) is 20.3 Å². The van der Waals surface area contributed by atoms with Gasteiger partial charge in [-0.1, -0.05) is 26.0 Å². The van der Waals surface area contributed by atoms with E-state index in [0.29, 0.717) is 23.8 Å². The second kappa shape index (κ2) is 7.48. The van der Waals surface area contributed by atoms with E-state index >= 15 is 0 Å². The molecule has 18 heavy (non-hydrogen) atoms. The summed E-state index contributed by atoms with van der Waals surface area (Å²) in [6.45, 7) is 4.84. The average molecular weight is 249 g/mol. The van der Waals surface area contributed by atoms with Gasteiger partial charge in [0.25, 0.3) is 5.91 Å². The van der Waals surface area contributed by atoms with Crippen LogP contribution >= 0.6 is 0 Å². The predicted molar refractivity (Wildman–Crippen MR) is 69.8 cm³/mol. The molecule has 4 nitrogen and oxygen atoms in total. The zero-order chi connectivity index (χ0) is 13.4. The van der Waals surface area contributed by atoms with Crippen molar-refractivity contribution < 1.29 is 14.3 Å². The topological polar surface area (TPSA) is 55.4 Å². The summed E-state index contributed by atoms with van der Waals surface area (Å²) in [4.78, 5) is 22.0. The SMILES string of the molecule is CC(C)CCNC(=O)COc1cccc(C=O)c1. The predicted octanol–water partition coefficient (Wildman–Crippen LogP) is 2.04. The Morgan fingerprint density at radius 3 is 2.89 bits per heavy atom. The normalized spacial score (nSPS) is 10.2. The number of hydrogen-bond donors (Lipinski definition) is 1. The fourth-order valence-corrected chi connectivity index (χ4v) is 1.38. The Kier molecular flexibility index (Phi) is 5.91. The largest absolute Gasteiger partial charge is 0.484 e. The monoisotopic (exact) mass is 249 g/mol. The molecule has 0 aromatic heterocycles. The van der Waals surface area contributed by atoms with E-state index in [9.17, 15) is 9.59 Å². The lowest BCUT2D eigenvalue weighted by molar-refractivity contribution is -0.123. The quantitative estimate of drug-likeness (QED) is 0.752. The van der Waals surface area contributed by atoms with E-state index in [1.54, 1.807) is 24.3 Å². The lowest BCUT2D eigenvalue weighted by atomic mass is 10.1. The van der Waals surface area contributed by atoms with Crippen LogP contribution in [0.1, 0.15) is 30.6 Å². The van der Waals surface area contributed by atoms with Crippen LogP contribution < -0.4 is 10.1 Å². The Balaban J connectivity index is 2.31. The highest BCUT2D eigenvalue weighted by atomic mass is 16.5. The fourth-order valence-electron chi connectivity index (χ4n) is 1.38. The molecule has 0 saturated heterocycles. The van der Waals surface area contributed by atoms with Crippen molar-refractivity contribution in [2.24, 2.45) is 5.92 Å². The lowest BCUT2D eigenvalue weighted by Gasteiger charge is -2.08. The third kappa shape index (κ3) is 5.48. The number of amides is 1. The van der Waals surface area contributed by atoms with E-state index in [1.165, 1.54) is 0 Å². The first-order chi connectivity index (χ1) is 8.61. The Labute approximate surface area is 107 Å². The van der Waals surface area contributed by atoms with Crippen LogP contribution in [0.2, 0.25) is 0 Å². The van der Waals surface area contributed by atoms with Crippen LogP contribution in [0.5, 0.6) is 5.75 Å². The standard InChI is InChI=1S/C14H19NO3/c1-11(2)6-7-15-14(17)10-18-13-5-3-4-12(8-13)9-16/h3-5,8-9,11H,6-7,10H2,1-2H3,(H,15,17). The van der Waals surface area contributed by atoms with Gasteiger partial charge in [0.15, 0.2) is 6.61 Å². The molecule has 0 radical (unpaired) electrons. The summed E-state index contributed by atoms with van der Waals surface area (Å²) in [5, 5.41) is 2.78. The zero-order valence-corrected chi connectivity index (χ0v) is 10.8. The molecule has 0 saturated carbocycles. The number of carbonyl (C=O) groups is 2.